The van der Waals surface area contributed by atoms with Gasteiger partial charge in [-0.3, -0.25) is 9.59 Å². The Balaban J connectivity index is 3.83. The Morgan fingerprint density at radius 2 is 1.68 bits per heavy atom. The summed E-state index contributed by atoms with van der Waals surface area (Å²) in [5, 5.41) is 0. The lowest BCUT2D eigenvalue weighted by atomic mass is 9.97. The average molecular weight is 265 g/mol. The SMILES string of the molecule is C=C(C)C(=O)CCC(C)CCCN(C)C(=O)C(=C)C. The minimum Gasteiger partial charge on any atom is -0.342 e. The summed E-state index contributed by atoms with van der Waals surface area (Å²) in [6, 6.07) is 0. The van der Waals surface area contributed by atoms with Crippen molar-refractivity contribution in [3.8, 4) is 0 Å². The first-order chi connectivity index (χ1) is 8.75. The van der Waals surface area contributed by atoms with Gasteiger partial charge in [-0.05, 0) is 44.6 Å². The number of rotatable bonds is 9. The summed E-state index contributed by atoms with van der Waals surface area (Å²) in [5.41, 5.74) is 1.21. The van der Waals surface area contributed by atoms with Crippen LogP contribution in [0, 0.1) is 5.92 Å². The van der Waals surface area contributed by atoms with Crippen LogP contribution < -0.4 is 0 Å². The molecule has 0 bridgehead atoms. The predicted octanol–water partition coefficient (Wildman–Crippen LogP) is 3.36. The van der Waals surface area contributed by atoms with Crippen LogP contribution in [0.2, 0.25) is 0 Å². The van der Waals surface area contributed by atoms with Crippen molar-refractivity contribution >= 4 is 11.7 Å². The van der Waals surface area contributed by atoms with Gasteiger partial charge in [-0.15, -0.1) is 0 Å². The van der Waals surface area contributed by atoms with Gasteiger partial charge in [-0.1, -0.05) is 20.1 Å². The molecule has 0 spiro atoms. The first kappa shape index (κ1) is 17.6. The molecule has 0 aliphatic rings. The standard InChI is InChI=1S/C16H27NO2/c1-12(2)15(18)10-9-14(5)8-7-11-17(6)16(19)13(3)4/h14H,1,3,7-11H2,2,4-6H3. The van der Waals surface area contributed by atoms with Gasteiger partial charge in [-0.2, -0.15) is 0 Å². The molecule has 0 rings (SSSR count). The summed E-state index contributed by atoms with van der Waals surface area (Å²) >= 11 is 0. The smallest absolute Gasteiger partial charge is 0.248 e. The molecule has 0 heterocycles. The van der Waals surface area contributed by atoms with Crippen molar-refractivity contribution in [1.82, 2.24) is 4.90 Å². The molecule has 0 aromatic heterocycles. The predicted molar refractivity (Wildman–Crippen MR) is 79.9 cm³/mol. The molecule has 0 N–H and O–H groups in total. The van der Waals surface area contributed by atoms with Crippen molar-refractivity contribution in [2.24, 2.45) is 5.92 Å². The molecule has 1 amide bonds. The average Bonchev–Trinajstić information content (AvgIpc) is 2.34. The van der Waals surface area contributed by atoms with Crippen LogP contribution in [0.4, 0.5) is 0 Å². The molecule has 108 valence electrons. The number of hydrogen-bond donors (Lipinski definition) is 0. The molecule has 3 heteroatoms. The van der Waals surface area contributed by atoms with E-state index in [1.807, 2.05) is 0 Å². The summed E-state index contributed by atoms with van der Waals surface area (Å²) in [6.07, 6.45) is 3.45. The summed E-state index contributed by atoms with van der Waals surface area (Å²) in [5.74, 6) is 0.656. The van der Waals surface area contributed by atoms with Crippen LogP contribution in [0.3, 0.4) is 0 Å². The molecule has 0 aliphatic heterocycles. The molecule has 1 atom stereocenters. The van der Waals surface area contributed by atoms with E-state index >= 15 is 0 Å². The Morgan fingerprint density at radius 3 is 2.16 bits per heavy atom. The third kappa shape index (κ3) is 7.60. The fourth-order valence-electron chi connectivity index (χ4n) is 1.84. The van der Waals surface area contributed by atoms with Gasteiger partial charge >= 0.3 is 0 Å². The van der Waals surface area contributed by atoms with E-state index in [9.17, 15) is 9.59 Å². The van der Waals surface area contributed by atoms with Gasteiger partial charge in [0.2, 0.25) is 5.91 Å². The second-order valence-corrected chi connectivity index (χ2v) is 5.50. The number of carbonyl (C=O) groups excluding carboxylic acids is 2. The fraction of sp³-hybridized carbons (Fsp3) is 0.625. The molecule has 0 saturated carbocycles. The van der Waals surface area contributed by atoms with Gasteiger partial charge in [0, 0.05) is 25.6 Å². The van der Waals surface area contributed by atoms with Gasteiger partial charge in [0.05, 0.1) is 0 Å². The van der Waals surface area contributed by atoms with Crippen LogP contribution in [-0.4, -0.2) is 30.2 Å². The molecular formula is C16H27NO2. The third-order valence-electron chi connectivity index (χ3n) is 3.24. The molecular weight excluding hydrogens is 238 g/mol. The van der Waals surface area contributed by atoms with E-state index in [0.717, 1.165) is 25.8 Å². The van der Waals surface area contributed by atoms with Crippen molar-refractivity contribution in [3.05, 3.63) is 24.3 Å². The second kappa shape index (κ2) is 8.68. The summed E-state index contributed by atoms with van der Waals surface area (Å²) in [7, 11) is 1.80. The zero-order valence-corrected chi connectivity index (χ0v) is 12.8. The van der Waals surface area contributed by atoms with Crippen molar-refractivity contribution in [1.29, 1.82) is 0 Å². The Morgan fingerprint density at radius 1 is 1.11 bits per heavy atom. The van der Waals surface area contributed by atoms with Crippen molar-refractivity contribution in [2.45, 2.75) is 46.5 Å². The molecule has 0 aliphatic carbocycles. The summed E-state index contributed by atoms with van der Waals surface area (Å²) < 4.78 is 0. The molecule has 0 saturated heterocycles. The van der Waals surface area contributed by atoms with Crippen LogP contribution in [0.1, 0.15) is 46.5 Å². The minimum atomic E-state index is 0.00473. The first-order valence-corrected chi connectivity index (χ1v) is 6.85. The summed E-state index contributed by atoms with van der Waals surface area (Å²) in [4.78, 5) is 24.7. The lowest BCUT2D eigenvalue weighted by Crippen LogP contribution is -2.28. The lowest BCUT2D eigenvalue weighted by Gasteiger charge is -2.18. The van der Waals surface area contributed by atoms with E-state index in [0.29, 0.717) is 23.5 Å². The summed E-state index contributed by atoms with van der Waals surface area (Å²) in [6.45, 7) is 13.7. The van der Waals surface area contributed by atoms with Gasteiger partial charge in [0.1, 0.15) is 0 Å². The van der Waals surface area contributed by atoms with E-state index in [4.69, 9.17) is 0 Å². The highest BCUT2D eigenvalue weighted by atomic mass is 16.2. The number of hydrogen-bond acceptors (Lipinski definition) is 2. The van der Waals surface area contributed by atoms with Crippen LogP contribution >= 0.6 is 0 Å². The maximum Gasteiger partial charge on any atom is 0.248 e. The van der Waals surface area contributed by atoms with Gasteiger partial charge in [-0.25, -0.2) is 0 Å². The Labute approximate surface area is 117 Å². The van der Waals surface area contributed by atoms with Gasteiger partial charge in [0.25, 0.3) is 0 Å². The zero-order chi connectivity index (χ0) is 15.0. The van der Waals surface area contributed by atoms with E-state index in [1.165, 1.54) is 0 Å². The van der Waals surface area contributed by atoms with E-state index in [1.54, 1.807) is 25.8 Å². The maximum atomic E-state index is 11.6. The van der Waals surface area contributed by atoms with Gasteiger partial charge in [0.15, 0.2) is 5.78 Å². The highest BCUT2D eigenvalue weighted by Gasteiger charge is 2.11. The third-order valence-corrected chi connectivity index (χ3v) is 3.24. The van der Waals surface area contributed by atoms with E-state index in [-0.39, 0.29) is 11.7 Å². The fourth-order valence-corrected chi connectivity index (χ4v) is 1.84. The molecule has 0 radical (unpaired) electrons. The lowest BCUT2D eigenvalue weighted by molar-refractivity contribution is -0.125. The Kier molecular flexibility index (Phi) is 8.05. The minimum absolute atomic E-state index is 0.00473. The molecule has 3 nitrogen and oxygen atoms in total. The molecule has 0 fully saturated rings. The highest BCUT2D eigenvalue weighted by molar-refractivity contribution is 5.94. The van der Waals surface area contributed by atoms with Crippen molar-refractivity contribution < 1.29 is 9.59 Å². The van der Waals surface area contributed by atoms with Crippen LogP contribution in [-0.2, 0) is 9.59 Å². The van der Waals surface area contributed by atoms with E-state index in [2.05, 4.69) is 20.1 Å². The quantitative estimate of drug-likeness (QED) is 0.599. The monoisotopic (exact) mass is 265 g/mol. The maximum absolute atomic E-state index is 11.6. The number of carbonyl (C=O) groups is 2. The molecule has 0 aromatic carbocycles. The number of amides is 1. The number of allylic oxidation sites excluding steroid dienone is 1. The normalized spacial score (nSPS) is 11.8. The Hall–Kier alpha value is -1.38. The Bertz CT molecular complexity index is 358. The number of likely N-dealkylation sites (N-methyl/N-ethyl adjacent to an activating group) is 1. The molecule has 0 aromatic rings. The van der Waals surface area contributed by atoms with Gasteiger partial charge < -0.3 is 4.90 Å². The topological polar surface area (TPSA) is 37.4 Å². The highest BCUT2D eigenvalue weighted by Crippen LogP contribution is 2.14. The van der Waals surface area contributed by atoms with Crippen LogP contribution in [0.5, 0.6) is 0 Å². The van der Waals surface area contributed by atoms with Crippen LogP contribution in [0.15, 0.2) is 24.3 Å². The molecule has 1 unspecified atom stereocenters. The molecule has 19 heavy (non-hydrogen) atoms. The zero-order valence-electron chi connectivity index (χ0n) is 12.8. The van der Waals surface area contributed by atoms with E-state index < -0.39 is 0 Å². The largest absolute Gasteiger partial charge is 0.342 e. The van der Waals surface area contributed by atoms with Crippen molar-refractivity contribution in [2.75, 3.05) is 13.6 Å². The number of ketones is 1. The van der Waals surface area contributed by atoms with Crippen molar-refractivity contribution in [3.63, 3.8) is 0 Å². The first-order valence-electron chi connectivity index (χ1n) is 6.85. The number of Topliss-reactive ketones (excluding diaryl/α,β-unsaturated/α-hetero) is 1. The van der Waals surface area contributed by atoms with Crippen LogP contribution in [0.25, 0.3) is 0 Å². The number of nitrogens with zero attached hydrogens (tertiary/aromatic N) is 1. The second-order valence-electron chi connectivity index (χ2n) is 5.50.